The maximum absolute atomic E-state index is 2.17. The predicted octanol–water partition coefficient (Wildman–Crippen LogP) is 9.54. The summed E-state index contributed by atoms with van der Waals surface area (Å²) in [6, 6.07) is 27.2. The average Bonchev–Trinajstić information content (AvgIpc) is 2.61. The van der Waals surface area contributed by atoms with Crippen molar-refractivity contribution in [3.05, 3.63) is 107 Å². The molecule has 0 radical (unpaired) electrons. The quantitative estimate of drug-likeness (QED) is 0.363. The van der Waals surface area contributed by atoms with E-state index < -0.39 is 0 Å². The maximum Gasteiger partial charge on any atom is -0.0398 e. The van der Waals surface area contributed by atoms with Crippen LogP contribution >= 0.6 is 0 Å². The van der Waals surface area contributed by atoms with Crippen LogP contribution < -0.4 is 0 Å². The predicted molar refractivity (Wildman–Crippen MR) is 135 cm³/mol. The summed E-state index contributed by atoms with van der Waals surface area (Å²) < 4.78 is 0. The molecular weight excluding hydrogens is 336 g/mol. The highest BCUT2D eigenvalue weighted by molar-refractivity contribution is 5.20. The summed E-state index contributed by atoms with van der Waals surface area (Å²) in [5, 5.41) is 0. The Morgan fingerprint density at radius 1 is 0.357 bits per heavy atom. The largest absolute Gasteiger partial charge is 0.0776 e. The minimum atomic E-state index is 0. The zero-order valence-electron chi connectivity index (χ0n) is 17.0. The molecule has 0 heteroatoms. The summed E-state index contributed by atoms with van der Waals surface area (Å²) in [6.45, 7) is 14.5. The van der Waals surface area contributed by atoms with Crippen molar-refractivity contribution in [2.24, 2.45) is 0 Å². The molecule has 0 heterocycles. The first kappa shape index (κ1) is 33.3. The summed E-state index contributed by atoms with van der Waals surface area (Å²) in [4.78, 5) is 0. The van der Waals surface area contributed by atoms with Crippen LogP contribution in [-0.2, 0) is 0 Å². The molecule has 28 heavy (non-hydrogen) atoms. The van der Waals surface area contributed by atoms with Gasteiger partial charge in [0.2, 0.25) is 0 Å². The molecule has 3 rings (SSSR count). The van der Waals surface area contributed by atoms with Crippen LogP contribution in [0.5, 0.6) is 0 Å². The monoisotopic (exact) mass is 382 g/mol. The molecule has 0 amide bonds. The van der Waals surface area contributed by atoms with E-state index in [0.717, 1.165) is 0 Å². The first-order valence-corrected chi connectivity index (χ1v) is 9.05. The number of hydrogen-bond acceptors (Lipinski definition) is 0. The SMILES string of the molecule is C.C.C.CC.Cc1ccc(C)cc1.Cc1cccc(C)c1.Cc1ccccc1. The fraction of sp³-hybridized carbons (Fsp3) is 0.357. The Hall–Kier alpha value is -2.34. The molecule has 3 aromatic carbocycles. The lowest BCUT2D eigenvalue weighted by Gasteiger charge is -1.90. The van der Waals surface area contributed by atoms with Crippen LogP contribution in [0.4, 0.5) is 0 Å². The topological polar surface area (TPSA) is 0 Å². The van der Waals surface area contributed by atoms with Gasteiger partial charge in [-0.25, -0.2) is 0 Å². The maximum atomic E-state index is 2.17. The van der Waals surface area contributed by atoms with E-state index in [1.54, 1.807) is 0 Å². The molecule has 0 saturated heterocycles. The van der Waals surface area contributed by atoms with Crippen molar-refractivity contribution in [1.29, 1.82) is 0 Å². The van der Waals surface area contributed by atoms with E-state index in [0.29, 0.717) is 0 Å². The lowest BCUT2D eigenvalue weighted by Crippen LogP contribution is -1.71. The molecule has 0 aromatic heterocycles. The summed E-state index contributed by atoms with van der Waals surface area (Å²) in [5.41, 5.74) is 6.66. The van der Waals surface area contributed by atoms with Crippen molar-refractivity contribution in [3.8, 4) is 0 Å². The van der Waals surface area contributed by atoms with E-state index in [2.05, 4.69) is 95.3 Å². The average molecular weight is 383 g/mol. The molecule has 0 atom stereocenters. The molecule has 0 aliphatic carbocycles. The highest BCUT2D eigenvalue weighted by atomic mass is 13.9. The van der Waals surface area contributed by atoms with Gasteiger partial charge in [-0.15, -0.1) is 0 Å². The van der Waals surface area contributed by atoms with E-state index in [9.17, 15) is 0 Å². The summed E-state index contributed by atoms with van der Waals surface area (Å²) in [5.74, 6) is 0. The Morgan fingerprint density at radius 3 is 0.857 bits per heavy atom. The van der Waals surface area contributed by atoms with E-state index in [1.165, 1.54) is 27.8 Å². The minimum absolute atomic E-state index is 0. The van der Waals surface area contributed by atoms with E-state index in [1.807, 2.05) is 32.0 Å². The molecule has 0 nitrogen and oxygen atoms in total. The van der Waals surface area contributed by atoms with Gasteiger partial charge in [-0.2, -0.15) is 0 Å². The minimum Gasteiger partial charge on any atom is -0.0776 e. The smallest absolute Gasteiger partial charge is 0.0398 e. The fourth-order valence-electron chi connectivity index (χ4n) is 1.98. The molecule has 3 aromatic rings. The van der Waals surface area contributed by atoms with Crippen molar-refractivity contribution in [1.82, 2.24) is 0 Å². The van der Waals surface area contributed by atoms with Crippen molar-refractivity contribution in [2.75, 3.05) is 0 Å². The Balaban J connectivity index is -0.000000141. The van der Waals surface area contributed by atoms with Gasteiger partial charge >= 0.3 is 0 Å². The van der Waals surface area contributed by atoms with Crippen LogP contribution in [0.25, 0.3) is 0 Å². The van der Waals surface area contributed by atoms with Gasteiger partial charge in [0.25, 0.3) is 0 Å². The van der Waals surface area contributed by atoms with Gasteiger partial charge in [-0.3, -0.25) is 0 Å². The summed E-state index contributed by atoms with van der Waals surface area (Å²) in [7, 11) is 0. The Labute approximate surface area is 177 Å². The van der Waals surface area contributed by atoms with E-state index in [-0.39, 0.29) is 22.3 Å². The Morgan fingerprint density at radius 2 is 0.643 bits per heavy atom. The lowest BCUT2D eigenvalue weighted by atomic mass is 10.2. The van der Waals surface area contributed by atoms with Crippen molar-refractivity contribution in [2.45, 2.75) is 70.7 Å². The third-order valence-electron chi connectivity index (χ3n) is 3.33. The first-order valence-electron chi connectivity index (χ1n) is 9.05. The fourth-order valence-corrected chi connectivity index (χ4v) is 1.98. The molecule has 0 saturated carbocycles. The Kier molecular flexibility index (Phi) is 24.9. The van der Waals surface area contributed by atoms with Gasteiger partial charge in [0.15, 0.2) is 0 Å². The molecule has 158 valence electrons. The second-order valence-corrected chi connectivity index (χ2v) is 5.97. The second kappa shape index (κ2) is 21.0. The standard InChI is InChI=1S/2C8H10.C7H8.C2H6.3CH4/c1-7-3-5-8(2)6-4-7;1-7-4-3-5-8(2)6-7;1-7-5-3-2-4-6-7;1-2;;;/h2*3-6H,1-2H3;2-6H,1H3;1-2H3;3*1H4. The van der Waals surface area contributed by atoms with Crippen LogP contribution in [0.1, 0.15) is 63.9 Å². The summed E-state index contributed by atoms with van der Waals surface area (Å²) in [6.07, 6.45) is 0. The molecule has 0 aliphatic heterocycles. The summed E-state index contributed by atoms with van der Waals surface area (Å²) >= 11 is 0. The van der Waals surface area contributed by atoms with E-state index in [4.69, 9.17) is 0 Å². The second-order valence-electron chi connectivity index (χ2n) is 5.97. The molecule has 0 fully saturated rings. The number of benzene rings is 3. The highest BCUT2D eigenvalue weighted by Crippen LogP contribution is 2.00. The van der Waals surface area contributed by atoms with Crippen LogP contribution in [0.3, 0.4) is 0 Å². The lowest BCUT2D eigenvalue weighted by molar-refractivity contribution is 1.39. The van der Waals surface area contributed by atoms with Gasteiger partial charge < -0.3 is 0 Å². The first-order chi connectivity index (χ1) is 12.0. The van der Waals surface area contributed by atoms with Crippen molar-refractivity contribution in [3.63, 3.8) is 0 Å². The van der Waals surface area contributed by atoms with Crippen LogP contribution in [0.15, 0.2) is 78.9 Å². The molecule has 0 unspecified atom stereocenters. The van der Waals surface area contributed by atoms with E-state index >= 15 is 0 Å². The molecule has 0 N–H and O–H groups in total. The van der Waals surface area contributed by atoms with Gasteiger partial charge in [0.05, 0.1) is 0 Å². The van der Waals surface area contributed by atoms with Crippen molar-refractivity contribution >= 4 is 0 Å². The third kappa shape index (κ3) is 18.5. The Bertz CT molecular complexity index is 626. The zero-order chi connectivity index (χ0) is 19.1. The molecule has 0 spiro atoms. The number of hydrogen-bond donors (Lipinski definition) is 0. The van der Waals surface area contributed by atoms with Gasteiger partial charge in [0, 0.05) is 0 Å². The highest BCUT2D eigenvalue weighted by Gasteiger charge is 1.81. The molecular formula is C28H46. The zero-order valence-corrected chi connectivity index (χ0v) is 17.0. The van der Waals surface area contributed by atoms with Crippen molar-refractivity contribution < 1.29 is 0 Å². The van der Waals surface area contributed by atoms with Crippen LogP contribution in [0, 0.1) is 34.6 Å². The third-order valence-corrected chi connectivity index (χ3v) is 3.33. The van der Waals surface area contributed by atoms with Crippen LogP contribution in [0.2, 0.25) is 0 Å². The number of aryl methyl sites for hydroxylation is 5. The van der Waals surface area contributed by atoms with Gasteiger partial charge in [-0.05, 0) is 34.6 Å². The molecule has 0 bridgehead atoms. The molecule has 0 aliphatic rings. The van der Waals surface area contributed by atoms with Gasteiger partial charge in [-0.1, -0.05) is 143 Å². The van der Waals surface area contributed by atoms with Gasteiger partial charge in [0.1, 0.15) is 0 Å². The van der Waals surface area contributed by atoms with Crippen LogP contribution in [-0.4, -0.2) is 0 Å². The normalized spacial score (nSPS) is 7.68. The number of rotatable bonds is 0.